The number of pyridine rings is 1. The molecule has 1 unspecified atom stereocenters. The van der Waals surface area contributed by atoms with Crippen LogP contribution in [-0.2, 0) is 11.3 Å². The Bertz CT molecular complexity index is 1350. The van der Waals surface area contributed by atoms with Gasteiger partial charge in [0.15, 0.2) is 0 Å². The van der Waals surface area contributed by atoms with Crippen molar-refractivity contribution in [1.82, 2.24) is 9.88 Å². The Balaban J connectivity index is 1.91. The Kier molecular flexibility index (Phi) is 7.90. The number of nitrogens with one attached hydrogen (secondary N) is 1. The summed E-state index contributed by atoms with van der Waals surface area (Å²) < 4.78 is 5.54. The highest BCUT2D eigenvalue weighted by molar-refractivity contribution is 6.31. The largest absolute Gasteiger partial charge is 0.506 e. The molecule has 0 saturated heterocycles. The summed E-state index contributed by atoms with van der Waals surface area (Å²) in [4.78, 5) is 39.2. The first-order chi connectivity index (χ1) is 16.8. The van der Waals surface area contributed by atoms with E-state index in [1.54, 1.807) is 33.8 Å². The average molecular weight is 518 g/mol. The van der Waals surface area contributed by atoms with Crippen molar-refractivity contribution in [2.75, 3.05) is 6.54 Å². The van der Waals surface area contributed by atoms with Crippen LogP contribution in [0.25, 0.3) is 10.9 Å². The zero-order chi connectivity index (χ0) is 26.8. The smallest absolute Gasteiger partial charge is 0.410 e. The summed E-state index contributed by atoms with van der Waals surface area (Å²) in [5.74, 6) is -0.650. The second-order valence-corrected chi connectivity index (χ2v) is 10.0. The zero-order valence-corrected chi connectivity index (χ0v) is 21.1. The lowest BCUT2D eigenvalue weighted by Gasteiger charge is -2.31. The van der Waals surface area contributed by atoms with Gasteiger partial charge < -0.3 is 24.8 Å². The van der Waals surface area contributed by atoms with Crippen molar-refractivity contribution in [3.63, 3.8) is 0 Å². The number of amides is 1. The third-order valence-electron chi connectivity index (χ3n) is 5.53. The van der Waals surface area contributed by atoms with Gasteiger partial charge in [0.2, 0.25) is 5.56 Å². The van der Waals surface area contributed by atoms with Gasteiger partial charge in [0.1, 0.15) is 11.4 Å². The van der Waals surface area contributed by atoms with Crippen LogP contribution in [0.1, 0.15) is 44.9 Å². The Labute approximate surface area is 212 Å². The lowest BCUT2D eigenvalue weighted by molar-refractivity contribution is -0.384. The van der Waals surface area contributed by atoms with Crippen LogP contribution in [0.2, 0.25) is 5.02 Å². The number of ether oxygens (including phenoxy) is 1. The Hall–Kier alpha value is -3.63. The molecule has 0 aliphatic heterocycles. The number of hydrogen-bond donors (Lipinski definition) is 3. The summed E-state index contributed by atoms with van der Waals surface area (Å²) in [7, 11) is 0. The van der Waals surface area contributed by atoms with Gasteiger partial charge in [-0.15, -0.1) is 0 Å². The fourth-order valence-corrected chi connectivity index (χ4v) is 4.02. The molecule has 2 atom stereocenters. The average Bonchev–Trinajstić information content (AvgIpc) is 2.78. The summed E-state index contributed by atoms with van der Waals surface area (Å²) in [5, 5.41) is 32.9. The molecular formula is C25H28ClN3O7. The van der Waals surface area contributed by atoms with E-state index < -0.39 is 34.2 Å². The van der Waals surface area contributed by atoms with E-state index in [0.29, 0.717) is 16.5 Å². The van der Waals surface area contributed by atoms with Crippen molar-refractivity contribution in [1.29, 1.82) is 0 Å². The molecule has 1 aromatic heterocycles. The minimum absolute atomic E-state index is 0.00749. The molecule has 192 valence electrons. The van der Waals surface area contributed by atoms with Crippen molar-refractivity contribution in [2.24, 2.45) is 5.92 Å². The highest BCUT2D eigenvalue weighted by atomic mass is 35.5. The minimum atomic E-state index is -1.07. The number of carbonyl (C=O) groups excluding carboxylic acids is 1. The Morgan fingerprint density at radius 1 is 1.22 bits per heavy atom. The third-order valence-corrected chi connectivity index (χ3v) is 5.89. The summed E-state index contributed by atoms with van der Waals surface area (Å²) in [6.07, 6.45) is -1.72. The Morgan fingerprint density at radius 3 is 2.53 bits per heavy atom. The number of aliphatic hydroxyl groups excluding tert-OH is 1. The number of aromatic amines is 1. The molecule has 1 heterocycles. The number of nitrogens with zero attached hydrogens (tertiary/aromatic N) is 2. The van der Waals surface area contributed by atoms with Crippen molar-refractivity contribution >= 4 is 34.3 Å². The number of phenols is 1. The van der Waals surface area contributed by atoms with Gasteiger partial charge in [-0.3, -0.25) is 14.9 Å². The number of hydrogen-bond acceptors (Lipinski definition) is 7. The normalized spacial score (nSPS) is 13.3. The number of fused-ring (bicyclic) bond motifs is 1. The first kappa shape index (κ1) is 27.0. The van der Waals surface area contributed by atoms with Crippen LogP contribution in [0.4, 0.5) is 10.5 Å². The van der Waals surface area contributed by atoms with Crippen molar-refractivity contribution in [3.8, 4) is 5.75 Å². The molecule has 1 amide bonds. The summed E-state index contributed by atoms with van der Waals surface area (Å²) in [6, 6.07) is 9.74. The van der Waals surface area contributed by atoms with Gasteiger partial charge in [-0.25, -0.2) is 4.79 Å². The van der Waals surface area contributed by atoms with Gasteiger partial charge in [0.05, 0.1) is 28.1 Å². The second kappa shape index (κ2) is 10.5. The Morgan fingerprint density at radius 2 is 1.92 bits per heavy atom. The molecule has 36 heavy (non-hydrogen) atoms. The minimum Gasteiger partial charge on any atom is -0.506 e. The maximum atomic E-state index is 13.0. The van der Waals surface area contributed by atoms with Gasteiger partial charge >= 0.3 is 6.09 Å². The van der Waals surface area contributed by atoms with Crippen LogP contribution < -0.4 is 5.56 Å². The molecule has 0 fully saturated rings. The fraction of sp³-hybridized carbons (Fsp3) is 0.360. The van der Waals surface area contributed by atoms with E-state index in [4.69, 9.17) is 16.3 Å². The first-order valence-corrected chi connectivity index (χ1v) is 11.6. The number of aromatic nitrogens is 1. The maximum absolute atomic E-state index is 13.0. The number of carbonyl (C=O) groups is 1. The lowest BCUT2D eigenvalue weighted by Crippen LogP contribution is -2.39. The number of rotatable bonds is 7. The summed E-state index contributed by atoms with van der Waals surface area (Å²) >= 11 is 6.26. The van der Waals surface area contributed by atoms with E-state index in [1.165, 1.54) is 41.3 Å². The number of halogens is 1. The van der Waals surface area contributed by atoms with Crippen molar-refractivity contribution in [2.45, 2.75) is 45.9 Å². The predicted molar refractivity (Wildman–Crippen MR) is 135 cm³/mol. The van der Waals surface area contributed by atoms with E-state index in [-0.39, 0.29) is 35.1 Å². The van der Waals surface area contributed by atoms with E-state index in [1.807, 2.05) is 0 Å². The van der Waals surface area contributed by atoms with Crippen LogP contribution in [-0.4, -0.2) is 43.3 Å². The van der Waals surface area contributed by atoms with E-state index in [0.717, 1.165) is 0 Å². The van der Waals surface area contributed by atoms with E-state index >= 15 is 0 Å². The molecule has 3 rings (SSSR count). The number of phenolic OH excluding ortho intramolecular Hbond substituents is 1. The molecule has 3 aromatic rings. The molecule has 3 N–H and O–H groups in total. The molecule has 11 heteroatoms. The molecule has 2 aromatic carbocycles. The number of non-ortho nitro benzene ring substituents is 1. The fourth-order valence-electron chi connectivity index (χ4n) is 3.78. The molecular weight excluding hydrogens is 490 g/mol. The SMILES string of the molecule is CC(CN(Cc1ccc([N+](=O)[O-])cc1Cl)C(=O)OC(C)(C)C)[C@H](O)c1ccc(O)c2[nH]c(=O)ccc12. The van der Waals surface area contributed by atoms with Gasteiger partial charge in [0, 0.05) is 36.0 Å². The second-order valence-electron chi connectivity index (χ2n) is 9.60. The summed E-state index contributed by atoms with van der Waals surface area (Å²) in [6.45, 7) is 6.96. The lowest BCUT2D eigenvalue weighted by atomic mass is 9.93. The van der Waals surface area contributed by atoms with Crippen molar-refractivity contribution < 1.29 is 24.7 Å². The molecule has 0 radical (unpaired) electrons. The van der Waals surface area contributed by atoms with Gasteiger partial charge in [-0.1, -0.05) is 24.6 Å². The number of nitro groups is 1. The van der Waals surface area contributed by atoms with Gasteiger partial charge in [0.25, 0.3) is 5.69 Å². The van der Waals surface area contributed by atoms with Crippen LogP contribution in [0.5, 0.6) is 5.75 Å². The van der Waals surface area contributed by atoms with Gasteiger partial charge in [-0.2, -0.15) is 0 Å². The quantitative estimate of drug-likeness (QED) is 0.298. The van der Waals surface area contributed by atoms with E-state index in [9.17, 15) is 29.9 Å². The third kappa shape index (κ3) is 6.32. The maximum Gasteiger partial charge on any atom is 0.410 e. The number of benzene rings is 2. The molecule has 0 saturated carbocycles. The monoisotopic (exact) mass is 517 g/mol. The number of H-pyrrole nitrogens is 1. The molecule has 0 bridgehead atoms. The molecule has 10 nitrogen and oxygen atoms in total. The van der Waals surface area contributed by atoms with Crippen LogP contribution in [0.15, 0.2) is 47.3 Å². The van der Waals surface area contributed by atoms with Gasteiger partial charge in [-0.05, 0) is 50.1 Å². The van der Waals surface area contributed by atoms with Crippen LogP contribution in [0, 0.1) is 16.0 Å². The van der Waals surface area contributed by atoms with E-state index in [2.05, 4.69) is 4.98 Å². The standard InChI is InChI=1S/C25H28ClN3O7/c1-14(23(32)18-7-9-20(30)22-17(18)8-10-21(31)27-22)12-28(24(33)36-25(2,3)4)13-15-5-6-16(29(34)35)11-19(15)26/h5-11,14,23,30,32H,12-13H2,1-4H3,(H,27,31)/t14?,23-/m0/s1. The highest BCUT2D eigenvalue weighted by Crippen LogP contribution is 2.33. The zero-order valence-electron chi connectivity index (χ0n) is 20.3. The number of nitro benzene ring substituents is 1. The topological polar surface area (TPSA) is 146 Å². The molecule has 0 aliphatic rings. The number of aliphatic hydroxyl groups is 1. The highest BCUT2D eigenvalue weighted by Gasteiger charge is 2.28. The van der Waals surface area contributed by atoms with Crippen LogP contribution >= 0.6 is 11.6 Å². The number of aromatic hydroxyl groups is 1. The first-order valence-electron chi connectivity index (χ1n) is 11.2. The molecule has 0 aliphatic carbocycles. The molecule has 0 spiro atoms. The predicted octanol–water partition coefficient (Wildman–Crippen LogP) is 4.90. The van der Waals surface area contributed by atoms with Crippen LogP contribution in [0.3, 0.4) is 0 Å². The van der Waals surface area contributed by atoms with Crippen molar-refractivity contribution in [3.05, 3.63) is 79.1 Å². The summed E-state index contributed by atoms with van der Waals surface area (Å²) in [5.41, 5.74) is -0.211.